The Morgan fingerprint density at radius 2 is 2.10 bits per heavy atom. The van der Waals surface area contributed by atoms with Gasteiger partial charge in [-0.2, -0.15) is 5.10 Å². The molecule has 1 amide bonds. The zero-order valence-electron chi connectivity index (χ0n) is 17.6. The van der Waals surface area contributed by atoms with Gasteiger partial charge in [-0.3, -0.25) is 4.79 Å². The molecule has 3 aromatic heterocycles. The normalized spacial score (nSPS) is 22.5. The fraction of sp³-hybridized carbons (Fsp3) is 0.478. The fourth-order valence-electron chi connectivity index (χ4n) is 4.97. The number of anilines is 1. The zero-order valence-corrected chi connectivity index (χ0v) is 17.6. The highest BCUT2D eigenvalue weighted by Crippen LogP contribution is 2.34. The van der Waals surface area contributed by atoms with E-state index in [4.69, 9.17) is 0 Å². The average Bonchev–Trinajstić information content (AvgIpc) is 3.36. The number of piperazine rings is 1. The van der Waals surface area contributed by atoms with Gasteiger partial charge in [-0.05, 0) is 55.4 Å². The van der Waals surface area contributed by atoms with Gasteiger partial charge in [0.1, 0.15) is 12.1 Å². The molecule has 3 aromatic rings. The Hall–Kier alpha value is -2.96. The van der Waals surface area contributed by atoms with Gasteiger partial charge in [0.15, 0.2) is 5.65 Å². The van der Waals surface area contributed by atoms with Crippen molar-refractivity contribution in [1.29, 1.82) is 0 Å². The zero-order chi connectivity index (χ0) is 20.7. The summed E-state index contributed by atoms with van der Waals surface area (Å²) in [7, 11) is 0. The first-order valence-corrected chi connectivity index (χ1v) is 10.9. The topological polar surface area (TPSA) is 66.6 Å². The van der Waals surface area contributed by atoms with Crippen LogP contribution >= 0.6 is 0 Å². The lowest BCUT2D eigenvalue weighted by Gasteiger charge is -2.38. The van der Waals surface area contributed by atoms with Gasteiger partial charge in [0.05, 0.1) is 6.04 Å². The molecule has 2 saturated heterocycles. The molecule has 30 heavy (non-hydrogen) atoms. The van der Waals surface area contributed by atoms with Crippen molar-refractivity contribution in [3.8, 4) is 0 Å². The van der Waals surface area contributed by atoms with Gasteiger partial charge in [-0.15, -0.1) is 0 Å². The van der Waals surface area contributed by atoms with Crippen molar-refractivity contribution in [1.82, 2.24) is 24.5 Å². The van der Waals surface area contributed by atoms with Gasteiger partial charge < -0.3 is 9.80 Å². The molecule has 0 aromatic carbocycles. The van der Waals surface area contributed by atoms with Gasteiger partial charge in [0.25, 0.3) is 0 Å². The first-order valence-electron chi connectivity index (χ1n) is 10.9. The number of pyridine rings is 2. The number of carbonyl (C=O) groups excluding carboxylic acids is 1. The largest absolute Gasteiger partial charge is 0.353 e. The monoisotopic (exact) mass is 404 g/mol. The van der Waals surface area contributed by atoms with Crippen LogP contribution in [-0.4, -0.2) is 56.1 Å². The number of rotatable bonds is 5. The maximum absolute atomic E-state index is 13.0. The molecular weight excluding hydrogens is 376 g/mol. The lowest BCUT2D eigenvalue weighted by Crippen LogP contribution is -2.51. The van der Waals surface area contributed by atoms with Crippen LogP contribution in [0.2, 0.25) is 0 Å². The Labute approximate surface area is 176 Å². The van der Waals surface area contributed by atoms with Crippen LogP contribution in [-0.2, 0) is 4.79 Å². The molecule has 0 aliphatic carbocycles. The first-order chi connectivity index (χ1) is 14.6. The number of hydrogen-bond donors (Lipinski definition) is 0. The minimum absolute atomic E-state index is 0.126. The second kappa shape index (κ2) is 7.70. The number of fused-ring (bicyclic) bond motifs is 2. The summed E-state index contributed by atoms with van der Waals surface area (Å²) < 4.78 is 1.82. The SMILES string of the molecule is Cc1ccc(N2CCN3C(=O)[C@@H](CCC(C)c4cccn5ncnc45)C[C@H]3C2)nc1. The van der Waals surface area contributed by atoms with Crippen LogP contribution in [0.4, 0.5) is 5.82 Å². The lowest BCUT2D eigenvalue weighted by atomic mass is 9.90. The molecule has 0 N–H and O–H groups in total. The molecule has 7 heteroatoms. The van der Waals surface area contributed by atoms with Gasteiger partial charge >= 0.3 is 0 Å². The first kappa shape index (κ1) is 19.0. The molecule has 2 aliphatic heterocycles. The van der Waals surface area contributed by atoms with Crippen LogP contribution in [0, 0.1) is 12.8 Å². The molecule has 0 spiro atoms. The van der Waals surface area contributed by atoms with Crippen molar-refractivity contribution < 1.29 is 4.79 Å². The van der Waals surface area contributed by atoms with Crippen LogP contribution in [0.1, 0.15) is 43.2 Å². The molecule has 1 unspecified atom stereocenters. The maximum Gasteiger partial charge on any atom is 0.226 e. The van der Waals surface area contributed by atoms with Crippen molar-refractivity contribution in [2.75, 3.05) is 24.5 Å². The van der Waals surface area contributed by atoms with Crippen LogP contribution in [0.25, 0.3) is 5.65 Å². The summed E-state index contributed by atoms with van der Waals surface area (Å²) in [5, 5.41) is 4.23. The van der Waals surface area contributed by atoms with E-state index in [9.17, 15) is 4.79 Å². The van der Waals surface area contributed by atoms with E-state index in [0.717, 1.165) is 50.4 Å². The number of nitrogens with zero attached hydrogens (tertiary/aromatic N) is 6. The van der Waals surface area contributed by atoms with E-state index in [1.807, 2.05) is 23.0 Å². The van der Waals surface area contributed by atoms with Crippen molar-refractivity contribution in [2.45, 2.75) is 45.1 Å². The number of amides is 1. The third-order valence-corrected chi connectivity index (χ3v) is 6.70. The van der Waals surface area contributed by atoms with E-state index in [1.54, 1.807) is 6.33 Å². The summed E-state index contributed by atoms with van der Waals surface area (Å²) >= 11 is 0. The summed E-state index contributed by atoms with van der Waals surface area (Å²) in [6.45, 7) is 6.81. The summed E-state index contributed by atoms with van der Waals surface area (Å²) in [5.41, 5.74) is 3.29. The van der Waals surface area contributed by atoms with Crippen LogP contribution < -0.4 is 4.90 Å². The van der Waals surface area contributed by atoms with Crippen molar-refractivity contribution >= 4 is 17.4 Å². The number of aromatic nitrogens is 4. The standard InChI is InChI=1S/C23H28N6O/c1-16-5-8-21(24-13-16)27-10-11-28-19(14-27)12-18(23(28)30)7-6-17(2)20-4-3-9-29-22(20)25-15-26-29/h3-5,8-9,13,15,17-19H,6-7,10-12,14H2,1-2H3/t17?,18-,19-/m0/s1. The second-order valence-electron chi connectivity index (χ2n) is 8.73. The summed E-state index contributed by atoms with van der Waals surface area (Å²) in [5.74, 6) is 1.83. The highest BCUT2D eigenvalue weighted by Gasteiger charge is 2.42. The van der Waals surface area contributed by atoms with Crippen LogP contribution in [0.15, 0.2) is 43.0 Å². The van der Waals surface area contributed by atoms with E-state index in [2.05, 4.69) is 56.9 Å². The Morgan fingerprint density at radius 1 is 1.20 bits per heavy atom. The minimum atomic E-state index is 0.126. The number of hydrogen-bond acceptors (Lipinski definition) is 5. The van der Waals surface area contributed by atoms with E-state index < -0.39 is 0 Å². The molecule has 156 valence electrons. The predicted molar refractivity (Wildman–Crippen MR) is 115 cm³/mol. The molecule has 2 fully saturated rings. The highest BCUT2D eigenvalue weighted by atomic mass is 16.2. The highest BCUT2D eigenvalue weighted by molar-refractivity contribution is 5.82. The molecule has 0 bridgehead atoms. The summed E-state index contributed by atoms with van der Waals surface area (Å²) in [6.07, 6.45) is 8.28. The Balaban J connectivity index is 1.22. The molecule has 7 nitrogen and oxygen atoms in total. The van der Waals surface area contributed by atoms with Gasteiger partial charge in [-0.25, -0.2) is 14.5 Å². The van der Waals surface area contributed by atoms with Gasteiger partial charge in [0.2, 0.25) is 5.91 Å². The average molecular weight is 405 g/mol. The summed E-state index contributed by atoms with van der Waals surface area (Å²) in [4.78, 5) is 26.4. The lowest BCUT2D eigenvalue weighted by molar-refractivity contribution is -0.132. The van der Waals surface area contributed by atoms with E-state index in [1.165, 1.54) is 11.1 Å². The smallest absolute Gasteiger partial charge is 0.226 e. The predicted octanol–water partition coefficient (Wildman–Crippen LogP) is 3.05. The Morgan fingerprint density at radius 3 is 2.93 bits per heavy atom. The van der Waals surface area contributed by atoms with E-state index in [0.29, 0.717) is 17.9 Å². The van der Waals surface area contributed by atoms with Crippen molar-refractivity contribution in [2.24, 2.45) is 5.92 Å². The molecular formula is C23H28N6O. The molecule has 0 radical (unpaired) electrons. The summed E-state index contributed by atoms with van der Waals surface area (Å²) in [6, 6.07) is 8.64. The molecule has 5 heterocycles. The molecule has 0 saturated carbocycles. The van der Waals surface area contributed by atoms with Crippen molar-refractivity contribution in [3.63, 3.8) is 0 Å². The molecule has 5 rings (SSSR count). The number of carbonyl (C=O) groups is 1. The molecule has 2 aliphatic rings. The number of aryl methyl sites for hydroxylation is 1. The maximum atomic E-state index is 13.0. The van der Waals surface area contributed by atoms with E-state index in [-0.39, 0.29) is 5.92 Å². The van der Waals surface area contributed by atoms with E-state index >= 15 is 0 Å². The van der Waals surface area contributed by atoms with Gasteiger partial charge in [0, 0.05) is 37.9 Å². The fourth-order valence-corrected chi connectivity index (χ4v) is 4.97. The van der Waals surface area contributed by atoms with Crippen molar-refractivity contribution in [3.05, 3.63) is 54.1 Å². The second-order valence-corrected chi connectivity index (χ2v) is 8.73. The third-order valence-electron chi connectivity index (χ3n) is 6.70. The van der Waals surface area contributed by atoms with Crippen LogP contribution in [0.5, 0.6) is 0 Å². The third kappa shape index (κ3) is 3.42. The molecule has 3 atom stereocenters. The minimum Gasteiger partial charge on any atom is -0.353 e. The quantitative estimate of drug-likeness (QED) is 0.654. The van der Waals surface area contributed by atoms with Gasteiger partial charge in [-0.1, -0.05) is 19.1 Å². The Bertz CT molecular complexity index is 1050. The van der Waals surface area contributed by atoms with Crippen LogP contribution in [0.3, 0.4) is 0 Å². The Kier molecular flexibility index (Phi) is 4.89.